The third-order valence-electron chi connectivity index (χ3n) is 8.82. The van der Waals surface area contributed by atoms with Gasteiger partial charge < -0.3 is 14.0 Å². The molecule has 0 atom stereocenters. The Kier molecular flexibility index (Phi) is 9.06. The first-order chi connectivity index (χ1) is 22.5. The zero-order valence-electron chi connectivity index (χ0n) is 28.7. The molecular weight excluding hydrogens is 767 g/mol. The van der Waals surface area contributed by atoms with Crippen LogP contribution in [0.5, 0.6) is 0 Å². The van der Waals surface area contributed by atoms with E-state index in [0.717, 1.165) is 56.5 Å². The van der Waals surface area contributed by atoms with Gasteiger partial charge in [0.25, 0.3) is 0 Å². The van der Waals surface area contributed by atoms with Gasteiger partial charge in [0.15, 0.2) is 0 Å². The summed E-state index contributed by atoms with van der Waals surface area (Å²) >= 11 is 0. The van der Waals surface area contributed by atoms with Crippen molar-refractivity contribution in [2.75, 3.05) is 0 Å². The Morgan fingerprint density at radius 1 is 0.896 bits per heavy atom. The molecule has 1 aliphatic rings. The van der Waals surface area contributed by atoms with Crippen molar-refractivity contribution in [3.8, 4) is 22.6 Å². The first-order valence-corrected chi connectivity index (χ1v) is 16.5. The summed E-state index contributed by atoms with van der Waals surface area (Å²) in [5.41, 5.74) is 11.0. The number of furan rings is 1. The molecule has 7 aromatic rings. The van der Waals surface area contributed by atoms with Crippen molar-refractivity contribution >= 4 is 39.0 Å². The van der Waals surface area contributed by atoms with Crippen LogP contribution in [0.1, 0.15) is 71.1 Å². The van der Waals surface area contributed by atoms with E-state index in [9.17, 15) is 0 Å². The molecule has 3 aromatic heterocycles. The van der Waals surface area contributed by atoms with Crippen molar-refractivity contribution in [3.63, 3.8) is 0 Å². The van der Waals surface area contributed by atoms with Crippen LogP contribution in [-0.2, 0) is 32.1 Å². The maximum atomic E-state index is 6.11. The van der Waals surface area contributed by atoms with Crippen molar-refractivity contribution in [3.05, 3.63) is 126 Å². The second kappa shape index (κ2) is 13.0. The second-order valence-corrected chi connectivity index (χ2v) is 14.6. The van der Waals surface area contributed by atoms with Gasteiger partial charge in [-0.15, -0.1) is 54.1 Å². The standard InChI is InChI=1S/C22H20NO.C21H21N2.Ir/c1-22(2,3)14-15-11-12-23-19(13-15)18-9-6-8-17-16-7-4-5-10-20(16)24-21(17)18;1-14(2)17-12-16-10-11-21(3,4)23-19(16)18(13-17)22-20(23)15-8-6-5-7-9-15;/h4-8,10-13H,14H2,1-3H3;5-8,10-14H,1-4H3;/q2*-1;. The minimum atomic E-state index is -0.0971. The molecule has 0 bridgehead atoms. The molecular formula is C43H41IrN3O-2. The van der Waals surface area contributed by atoms with Crippen LogP contribution < -0.4 is 0 Å². The number of pyridine rings is 1. The van der Waals surface area contributed by atoms with Crippen LogP contribution in [-0.4, -0.2) is 14.5 Å². The van der Waals surface area contributed by atoms with Crippen molar-refractivity contribution < 1.29 is 24.5 Å². The molecule has 4 nitrogen and oxygen atoms in total. The number of hydrogen-bond acceptors (Lipinski definition) is 3. The van der Waals surface area contributed by atoms with Gasteiger partial charge in [0.1, 0.15) is 5.58 Å². The normalized spacial score (nSPS) is 13.5. The first kappa shape index (κ1) is 33.6. The van der Waals surface area contributed by atoms with E-state index in [0.29, 0.717) is 5.92 Å². The molecule has 245 valence electrons. The number of hydrogen-bond donors (Lipinski definition) is 0. The molecule has 0 spiro atoms. The second-order valence-electron chi connectivity index (χ2n) is 14.6. The van der Waals surface area contributed by atoms with Crippen molar-refractivity contribution in [2.24, 2.45) is 5.41 Å². The number of nitrogens with zero attached hydrogens (tertiary/aromatic N) is 3. The molecule has 0 amide bonds. The summed E-state index contributed by atoms with van der Waals surface area (Å²) < 4.78 is 8.46. The number of para-hydroxylation sites is 1. The van der Waals surface area contributed by atoms with Gasteiger partial charge in [0, 0.05) is 31.7 Å². The van der Waals surface area contributed by atoms with Gasteiger partial charge in [0.05, 0.1) is 28.0 Å². The van der Waals surface area contributed by atoms with Gasteiger partial charge >= 0.3 is 0 Å². The van der Waals surface area contributed by atoms with Crippen LogP contribution in [0.25, 0.3) is 61.7 Å². The van der Waals surface area contributed by atoms with Crippen LogP contribution in [0.3, 0.4) is 0 Å². The molecule has 4 aromatic carbocycles. The maximum absolute atomic E-state index is 6.11. The molecule has 0 N–H and O–H groups in total. The van der Waals surface area contributed by atoms with Gasteiger partial charge in [-0.2, -0.15) is 0 Å². The molecule has 4 heterocycles. The summed E-state index contributed by atoms with van der Waals surface area (Å²) in [6, 6.07) is 35.7. The van der Waals surface area contributed by atoms with Crippen molar-refractivity contribution in [1.29, 1.82) is 0 Å². The van der Waals surface area contributed by atoms with Crippen LogP contribution in [0.15, 0.2) is 102 Å². The van der Waals surface area contributed by atoms with Gasteiger partial charge in [-0.1, -0.05) is 87.5 Å². The van der Waals surface area contributed by atoms with Crippen LogP contribution in [0.4, 0.5) is 0 Å². The van der Waals surface area contributed by atoms with E-state index in [1.54, 1.807) is 0 Å². The molecule has 48 heavy (non-hydrogen) atoms. The molecule has 1 radical (unpaired) electrons. The third kappa shape index (κ3) is 6.42. The summed E-state index contributed by atoms with van der Waals surface area (Å²) in [5, 5.41) is 2.25. The summed E-state index contributed by atoms with van der Waals surface area (Å²) in [6.07, 6.45) is 7.41. The summed E-state index contributed by atoms with van der Waals surface area (Å²) in [4.78, 5) is 9.55. The van der Waals surface area contributed by atoms with Gasteiger partial charge in [-0.25, -0.2) is 0 Å². The summed E-state index contributed by atoms with van der Waals surface area (Å²) in [7, 11) is 0. The zero-order valence-corrected chi connectivity index (χ0v) is 31.1. The molecule has 0 saturated heterocycles. The molecule has 0 saturated carbocycles. The Morgan fingerprint density at radius 3 is 2.44 bits per heavy atom. The Labute approximate surface area is 297 Å². The Hall–Kier alpha value is -4.31. The predicted octanol–water partition coefficient (Wildman–Crippen LogP) is 11.4. The monoisotopic (exact) mass is 808 g/mol. The fourth-order valence-electron chi connectivity index (χ4n) is 6.58. The zero-order chi connectivity index (χ0) is 32.9. The van der Waals surface area contributed by atoms with E-state index >= 15 is 0 Å². The quantitative estimate of drug-likeness (QED) is 0.166. The molecule has 8 rings (SSSR count). The largest absolute Gasteiger partial charge is 0.501 e. The molecule has 1 aliphatic heterocycles. The average molecular weight is 808 g/mol. The van der Waals surface area contributed by atoms with Gasteiger partial charge in [0.2, 0.25) is 0 Å². The number of aromatic nitrogens is 3. The molecule has 0 aliphatic carbocycles. The van der Waals surface area contributed by atoms with E-state index in [1.807, 2.05) is 48.7 Å². The van der Waals surface area contributed by atoms with E-state index < -0.39 is 0 Å². The minimum Gasteiger partial charge on any atom is -0.501 e. The van der Waals surface area contributed by atoms with E-state index in [-0.39, 0.29) is 31.1 Å². The molecule has 5 heteroatoms. The molecule has 0 fully saturated rings. The van der Waals surface area contributed by atoms with Crippen molar-refractivity contribution in [2.45, 2.75) is 66.3 Å². The smallest absolute Gasteiger partial charge is 0.120 e. The Bertz CT molecular complexity index is 2270. The topological polar surface area (TPSA) is 43.9 Å². The molecule has 0 unspecified atom stereocenters. The number of fused-ring (bicyclic) bond motifs is 3. The van der Waals surface area contributed by atoms with E-state index in [1.165, 1.54) is 22.2 Å². The average Bonchev–Trinajstić information content (AvgIpc) is 3.63. The minimum absolute atomic E-state index is 0. The number of allylic oxidation sites excluding steroid dienone is 1. The summed E-state index contributed by atoms with van der Waals surface area (Å²) in [6.45, 7) is 15.7. The predicted molar refractivity (Wildman–Crippen MR) is 195 cm³/mol. The SMILES string of the molecule is CC(C)(C)Cc1ccnc(-c2[c-]ccc3c2oc2ccccc23)c1.CC(C)c1cc2c3c(c1)nc(-c1[c-]cccc1)n3C(C)(C)C=C2.[Ir]. The van der Waals surface area contributed by atoms with Crippen LogP contribution in [0.2, 0.25) is 0 Å². The fraction of sp³-hybridized carbons (Fsp3) is 0.256. The number of rotatable bonds is 4. The maximum Gasteiger partial charge on any atom is 0.120 e. The van der Waals surface area contributed by atoms with E-state index in [2.05, 4.69) is 125 Å². The van der Waals surface area contributed by atoms with Crippen LogP contribution in [0, 0.1) is 17.5 Å². The first-order valence-electron chi connectivity index (χ1n) is 16.5. The van der Waals surface area contributed by atoms with Gasteiger partial charge in [-0.05, 0) is 72.7 Å². The number of benzene rings is 4. The Morgan fingerprint density at radius 2 is 1.69 bits per heavy atom. The number of imidazole rings is 1. The Balaban J connectivity index is 0.000000164. The van der Waals surface area contributed by atoms with Gasteiger partial charge in [-0.3, -0.25) is 4.98 Å². The van der Waals surface area contributed by atoms with E-state index in [4.69, 9.17) is 9.40 Å². The summed E-state index contributed by atoms with van der Waals surface area (Å²) in [5.74, 6) is 1.49. The van der Waals surface area contributed by atoms with Crippen molar-refractivity contribution in [1.82, 2.24) is 14.5 Å². The fourth-order valence-corrected chi connectivity index (χ4v) is 6.58. The van der Waals surface area contributed by atoms with Crippen LogP contribution >= 0.6 is 0 Å². The third-order valence-corrected chi connectivity index (χ3v) is 8.82.